The van der Waals surface area contributed by atoms with Gasteiger partial charge in [0.25, 0.3) is 5.91 Å². The minimum Gasteiger partial charge on any atom is -0.382 e. The molecule has 1 amide bonds. The van der Waals surface area contributed by atoms with Gasteiger partial charge in [0, 0.05) is 51.8 Å². The molecule has 2 rings (SSSR count). The number of hydrogen-bond donors (Lipinski definition) is 2. The maximum Gasteiger partial charge on any atom is 0.251 e. The maximum atomic E-state index is 12.1. The lowest BCUT2D eigenvalue weighted by Gasteiger charge is -2.22. The largest absolute Gasteiger partial charge is 0.382 e. The van der Waals surface area contributed by atoms with E-state index in [1.807, 2.05) is 31.2 Å². The highest BCUT2D eigenvalue weighted by molar-refractivity contribution is 14.0. The molecule has 1 fully saturated rings. The van der Waals surface area contributed by atoms with Crippen molar-refractivity contribution in [1.82, 2.24) is 15.5 Å². The molecule has 1 atom stereocenters. The smallest absolute Gasteiger partial charge is 0.251 e. The number of hydrogen-bond acceptors (Lipinski definition) is 4. The quantitative estimate of drug-likeness (QED) is 0.216. The number of ether oxygens (including phenoxy) is 2. The van der Waals surface area contributed by atoms with E-state index < -0.39 is 0 Å². The summed E-state index contributed by atoms with van der Waals surface area (Å²) in [5.41, 5.74) is 1.75. The third-order valence-corrected chi connectivity index (χ3v) is 4.76. The predicted octanol–water partition coefficient (Wildman–Crippen LogP) is 2.50. The van der Waals surface area contributed by atoms with Crippen LogP contribution in [0.15, 0.2) is 29.3 Å². The average molecular weight is 518 g/mol. The van der Waals surface area contributed by atoms with Gasteiger partial charge >= 0.3 is 0 Å². The van der Waals surface area contributed by atoms with Crippen LogP contribution in [-0.4, -0.2) is 70.4 Å². The maximum absolute atomic E-state index is 12.1. The molecule has 0 saturated carbocycles. The summed E-state index contributed by atoms with van der Waals surface area (Å²) in [7, 11) is 3.49. The van der Waals surface area contributed by atoms with Gasteiger partial charge in [-0.3, -0.25) is 9.79 Å². The van der Waals surface area contributed by atoms with Crippen molar-refractivity contribution in [3.8, 4) is 0 Å². The highest BCUT2D eigenvalue weighted by Crippen LogP contribution is 2.17. The Kier molecular flexibility index (Phi) is 12.9. The Bertz CT molecular complexity index is 642. The zero-order valence-electron chi connectivity index (χ0n) is 17.8. The molecule has 0 radical (unpaired) electrons. The van der Waals surface area contributed by atoms with E-state index in [0.29, 0.717) is 37.8 Å². The summed E-state index contributed by atoms with van der Waals surface area (Å²) in [5.74, 6) is 1.38. The molecule has 1 aliphatic heterocycles. The molecule has 164 valence electrons. The van der Waals surface area contributed by atoms with Crippen molar-refractivity contribution in [1.29, 1.82) is 0 Å². The molecule has 1 unspecified atom stereocenters. The van der Waals surface area contributed by atoms with Crippen LogP contribution in [0.25, 0.3) is 0 Å². The fourth-order valence-corrected chi connectivity index (χ4v) is 3.23. The van der Waals surface area contributed by atoms with E-state index in [4.69, 9.17) is 9.47 Å². The van der Waals surface area contributed by atoms with Gasteiger partial charge in [0.15, 0.2) is 5.96 Å². The van der Waals surface area contributed by atoms with Crippen LogP contribution < -0.4 is 10.6 Å². The van der Waals surface area contributed by atoms with E-state index in [1.54, 1.807) is 14.2 Å². The molecular weight excluding hydrogens is 483 g/mol. The van der Waals surface area contributed by atoms with E-state index in [1.165, 1.54) is 0 Å². The van der Waals surface area contributed by atoms with Gasteiger partial charge in [0.2, 0.25) is 0 Å². The monoisotopic (exact) mass is 518 g/mol. The van der Waals surface area contributed by atoms with Crippen molar-refractivity contribution in [2.75, 3.05) is 53.6 Å². The summed E-state index contributed by atoms with van der Waals surface area (Å²) in [6, 6.07) is 7.72. The van der Waals surface area contributed by atoms with Crippen LogP contribution >= 0.6 is 24.0 Å². The first-order valence-electron chi connectivity index (χ1n) is 10.1. The van der Waals surface area contributed by atoms with E-state index >= 15 is 0 Å². The van der Waals surface area contributed by atoms with Crippen LogP contribution in [0.1, 0.15) is 35.7 Å². The van der Waals surface area contributed by atoms with Gasteiger partial charge in [0.05, 0.1) is 19.8 Å². The number of rotatable bonds is 10. The van der Waals surface area contributed by atoms with Gasteiger partial charge in [0.1, 0.15) is 0 Å². The normalized spacial score (nSPS) is 16.4. The second-order valence-corrected chi connectivity index (χ2v) is 7.03. The van der Waals surface area contributed by atoms with E-state index in [2.05, 4.69) is 20.5 Å². The summed E-state index contributed by atoms with van der Waals surface area (Å²) >= 11 is 0. The number of nitrogens with one attached hydrogen (secondary N) is 2. The van der Waals surface area contributed by atoms with Crippen LogP contribution in [0.5, 0.6) is 0 Å². The Morgan fingerprint density at radius 1 is 1.31 bits per heavy atom. The molecule has 8 heteroatoms. The number of carbonyl (C=O) groups is 1. The van der Waals surface area contributed by atoms with E-state index in [-0.39, 0.29) is 29.9 Å². The van der Waals surface area contributed by atoms with Crippen LogP contribution in [0.2, 0.25) is 0 Å². The molecule has 1 aliphatic rings. The van der Waals surface area contributed by atoms with Crippen molar-refractivity contribution in [3.63, 3.8) is 0 Å². The van der Waals surface area contributed by atoms with Gasteiger partial charge < -0.3 is 25.0 Å². The summed E-state index contributed by atoms with van der Waals surface area (Å²) in [6.07, 6.45) is 2.03. The minimum absolute atomic E-state index is 0. The molecule has 1 saturated heterocycles. The number of carbonyl (C=O) groups excluding carboxylic acids is 1. The second kappa shape index (κ2) is 14.6. The van der Waals surface area contributed by atoms with Gasteiger partial charge in [-0.2, -0.15) is 0 Å². The number of amides is 1. The molecule has 7 nitrogen and oxygen atoms in total. The Labute approximate surface area is 191 Å². The van der Waals surface area contributed by atoms with Crippen LogP contribution in [0.3, 0.4) is 0 Å². The molecule has 0 bridgehead atoms. The fourth-order valence-electron chi connectivity index (χ4n) is 3.23. The zero-order valence-corrected chi connectivity index (χ0v) is 20.1. The molecule has 1 heterocycles. The Balaban J connectivity index is 0.00000420. The molecule has 1 aromatic carbocycles. The summed E-state index contributed by atoms with van der Waals surface area (Å²) < 4.78 is 10.7. The lowest BCUT2D eigenvalue weighted by molar-refractivity contribution is 0.0536. The van der Waals surface area contributed by atoms with Gasteiger partial charge in [-0.25, -0.2) is 0 Å². The minimum atomic E-state index is -0.0241. The Hall–Kier alpha value is -1.39. The SMILES string of the molecule is CCCNC(=O)c1cccc(CNC(=NC)N2CCC(COCCOC)C2)c1.I. The predicted molar refractivity (Wildman–Crippen MR) is 127 cm³/mol. The molecule has 1 aromatic rings. The average Bonchev–Trinajstić information content (AvgIpc) is 3.19. The third-order valence-electron chi connectivity index (χ3n) is 4.76. The highest BCUT2D eigenvalue weighted by atomic mass is 127. The number of guanidine groups is 1. The Morgan fingerprint density at radius 2 is 2.14 bits per heavy atom. The summed E-state index contributed by atoms with van der Waals surface area (Å²) in [4.78, 5) is 18.8. The first kappa shape index (κ1) is 25.6. The fraction of sp³-hybridized carbons (Fsp3) is 0.619. The van der Waals surface area contributed by atoms with Crippen molar-refractivity contribution in [3.05, 3.63) is 35.4 Å². The molecule has 2 N–H and O–H groups in total. The lowest BCUT2D eigenvalue weighted by Crippen LogP contribution is -2.39. The summed E-state index contributed by atoms with van der Waals surface area (Å²) in [5, 5.41) is 6.33. The van der Waals surface area contributed by atoms with Crippen LogP contribution in [0.4, 0.5) is 0 Å². The van der Waals surface area contributed by atoms with Gasteiger partial charge in [-0.1, -0.05) is 19.1 Å². The molecule has 0 spiro atoms. The first-order chi connectivity index (χ1) is 13.7. The van der Waals surface area contributed by atoms with E-state index in [0.717, 1.165) is 44.1 Å². The van der Waals surface area contributed by atoms with Gasteiger partial charge in [-0.15, -0.1) is 24.0 Å². The number of aliphatic imine (C=N–C) groups is 1. The van der Waals surface area contributed by atoms with Crippen LogP contribution in [-0.2, 0) is 16.0 Å². The number of benzene rings is 1. The number of likely N-dealkylation sites (tertiary alicyclic amines) is 1. The number of nitrogens with zero attached hydrogens (tertiary/aromatic N) is 2. The Morgan fingerprint density at radius 3 is 2.86 bits per heavy atom. The van der Waals surface area contributed by atoms with E-state index in [9.17, 15) is 4.79 Å². The van der Waals surface area contributed by atoms with Crippen molar-refractivity contribution in [2.24, 2.45) is 10.9 Å². The third kappa shape index (κ3) is 8.88. The van der Waals surface area contributed by atoms with Gasteiger partial charge in [-0.05, 0) is 30.5 Å². The molecular formula is C21H35IN4O3. The zero-order chi connectivity index (χ0) is 20.2. The molecule has 0 aliphatic carbocycles. The topological polar surface area (TPSA) is 75.2 Å². The summed E-state index contributed by atoms with van der Waals surface area (Å²) in [6.45, 7) is 7.31. The van der Waals surface area contributed by atoms with Crippen molar-refractivity contribution >= 4 is 35.8 Å². The van der Waals surface area contributed by atoms with Crippen molar-refractivity contribution in [2.45, 2.75) is 26.3 Å². The van der Waals surface area contributed by atoms with Crippen LogP contribution in [0, 0.1) is 5.92 Å². The lowest BCUT2D eigenvalue weighted by atomic mass is 10.1. The number of methoxy groups -OCH3 is 1. The molecule has 0 aromatic heterocycles. The molecule has 29 heavy (non-hydrogen) atoms. The first-order valence-corrected chi connectivity index (χ1v) is 10.1. The highest BCUT2D eigenvalue weighted by Gasteiger charge is 2.24. The standard InChI is InChI=1S/C21H34N4O3.HI/c1-4-9-23-20(26)19-7-5-6-17(13-19)14-24-21(22-2)25-10-8-18(15-25)16-28-12-11-27-3;/h5-7,13,18H,4,8-12,14-16H2,1-3H3,(H,22,24)(H,23,26);1H. The number of halogens is 1. The van der Waals surface area contributed by atoms with Crippen molar-refractivity contribution < 1.29 is 14.3 Å². The second-order valence-electron chi connectivity index (χ2n) is 7.03.